The topological polar surface area (TPSA) is 92.7 Å². The van der Waals surface area contributed by atoms with Crippen LogP contribution in [-0.2, 0) is 26.0 Å². The Bertz CT molecular complexity index is 885. The minimum atomic E-state index is -4.02. The third-order valence-electron chi connectivity index (χ3n) is 4.11. The largest absolute Gasteiger partial charge is 0.371 e. The summed E-state index contributed by atoms with van der Waals surface area (Å²) in [5.41, 5.74) is 2.10. The van der Waals surface area contributed by atoms with Gasteiger partial charge < -0.3 is 14.6 Å². The van der Waals surface area contributed by atoms with Gasteiger partial charge in [0.05, 0.1) is 17.6 Å². The van der Waals surface area contributed by atoms with E-state index in [9.17, 15) is 13.0 Å². The fourth-order valence-electron chi connectivity index (χ4n) is 2.26. The first-order valence-corrected chi connectivity index (χ1v) is 12.6. The van der Waals surface area contributed by atoms with E-state index in [1.54, 1.807) is 25.5 Å². The van der Waals surface area contributed by atoms with Crippen LogP contribution in [0.2, 0.25) is 0 Å². The monoisotopic (exact) mass is 411 g/mol. The van der Waals surface area contributed by atoms with Crippen molar-refractivity contribution in [2.75, 3.05) is 26.4 Å². The molecule has 1 fully saturated rings. The SMILES string of the molecule is CP(C)(=O)c1ccc(COC2CNC2)cc1.Cc1ccc(S(=O)(=O)O)cc1. The minimum absolute atomic E-state index is 0.0666. The Kier molecular flexibility index (Phi) is 7.37. The zero-order chi connectivity index (χ0) is 20.1. The smallest absolute Gasteiger partial charge is 0.294 e. The molecule has 27 heavy (non-hydrogen) atoms. The molecule has 1 aliphatic rings. The number of aryl methyl sites for hydroxylation is 1. The summed E-state index contributed by atoms with van der Waals surface area (Å²) in [6, 6.07) is 13.9. The van der Waals surface area contributed by atoms with Crippen LogP contribution in [0.4, 0.5) is 0 Å². The number of rotatable bonds is 5. The Morgan fingerprint density at radius 3 is 2.04 bits per heavy atom. The molecule has 0 bridgehead atoms. The summed E-state index contributed by atoms with van der Waals surface area (Å²) in [5, 5.41) is 4.10. The molecule has 2 aromatic rings. The van der Waals surface area contributed by atoms with Gasteiger partial charge in [-0.3, -0.25) is 4.55 Å². The highest BCUT2D eigenvalue weighted by molar-refractivity contribution is 7.85. The normalized spacial score (nSPS) is 14.8. The van der Waals surface area contributed by atoms with E-state index in [0.29, 0.717) is 12.7 Å². The van der Waals surface area contributed by atoms with E-state index >= 15 is 0 Å². The van der Waals surface area contributed by atoms with Crippen molar-refractivity contribution >= 4 is 22.6 Å². The van der Waals surface area contributed by atoms with E-state index in [-0.39, 0.29) is 4.90 Å². The van der Waals surface area contributed by atoms with Crippen LogP contribution in [0, 0.1) is 6.92 Å². The van der Waals surface area contributed by atoms with Gasteiger partial charge in [-0.1, -0.05) is 42.0 Å². The standard InChI is InChI=1S/C12H18NO2P.C7H8O3S/c1-16(2,14)12-5-3-10(4-6-12)9-15-11-7-13-8-11;1-6-2-4-7(5-3-6)11(8,9)10/h3-6,11,13H,7-9H2,1-2H3;2-5H,1H3,(H,8,9,10). The van der Waals surface area contributed by atoms with Crippen molar-refractivity contribution in [3.8, 4) is 0 Å². The summed E-state index contributed by atoms with van der Waals surface area (Å²) >= 11 is 0. The van der Waals surface area contributed by atoms with Crippen LogP contribution in [0.15, 0.2) is 53.4 Å². The van der Waals surface area contributed by atoms with Gasteiger partial charge in [0.2, 0.25) is 0 Å². The molecule has 6 nitrogen and oxygen atoms in total. The third-order valence-corrected chi connectivity index (χ3v) is 6.52. The number of nitrogens with one attached hydrogen (secondary N) is 1. The second-order valence-corrected chi connectivity index (χ2v) is 11.5. The first kappa shape index (κ1) is 21.8. The van der Waals surface area contributed by atoms with Crippen molar-refractivity contribution in [2.45, 2.75) is 24.5 Å². The number of hydrogen-bond donors (Lipinski definition) is 2. The van der Waals surface area contributed by atoms with Crippen molar-refractivity contribution in [3.05, 3.63) is 59.7 Å². The van der Waals surface area contributed by atoms with Gasteiger partial charge in [-0.05, 0) is 37.9 Å². The van der Waals surface area contributed by atoms with Crippen molar-refractivity contribution < 1.29 is 22.3 Å². The van der Waals surface area contributed by atoms with E-state index < -0.39 is 17.3 Å². The molecule has 1 saturated heterocycles. The predicted octanol–water partition coefficient (Wildman–Crippen LogP) is 2.66. The summed E-state index contributed by atoms with van der Waals surface area (Å²) in [4.78, 5) is -0.0666. The fraction of sp³-hybridized carbons (Fsp3) is 0.368. The van der Waals surface area contributed by atoms with Gasteiger partial charge >= 0.3 is 0 Å². The Balaban J connectivity index is 0.000000208. The molecule has 2 aromatic carbocycles. The van der Waals surface area contributed by atoms with Crippen molar-refractivity contribution in [3.63, 3.8) is 0 Å². The van der Waals surface area contributed by atoms with Crippen molar-refractivity contribution in [2.24, 2.45) is 0 Å². The second-order valence-electron chi connectivity index (χ2n) is 6.90. The molecule has 1 aliphatic heterocycles. The van der Waals surface area contributed by atoms with Gasteiger partial charge in [0, 0.05) is 18.4 Å². The van der Waals surface area contributed by atoms with E-state index in [0.717, 1.165) is 29.5 Å². The average molecular weight is 411 g/mol. The summed E-state index contributed by atoms with van der Waals surface area (Å²) in [5.74, 6) is 0. The Hall–Kier alpha value is -1.50. The maximum atomic E-state index is 11.8. The molecule has 0 aliphatic carbocycles. The van der Waals surface area contributed by atoms with Crippen molar-refractivity contribution in [1.82, 2.24) is 5.32 Å². The molecule has 0 aromatic heterocycles. The van der Waals surface area contributed by atoms with Crippen LogP contribution < -0.4 is 10.6 Å². The highest BCUT2D eigenvalue weighted by Gasteiger charge is 2.17. The molecule has 0 spiro atoms. The summed E-state index contributed by atoms with van der Waals surface area (Å²) in [6.45, 7) is 7.98. The first-order chi connectivity index (χ1) is 12.6. The van der Waals surface area contributed by atoms with E-state index in [4.69, 9.17) is 9.29 Å². The van der Waals surface area contributed by atoms with Crippen LogP contribution in [0.25, 0.3) is 0 Å². The average Bonchev–Trinajstić information content (AvgIpc) is 2.53. The molecule has 0 amide bonds. The second kappa shape index (κ2) is 9.13. The minimum Gasteiger partial charge on any atom is -0.371 e. The Morgan fingerprint density at radius 1 is 1.07 bits per heavy atom. The van der Waals surface area contributed by atoms with Crippen LogP contribution in [0.1, 0.15) is 11.1 Å². The number of hydrogen-bond acceptors (Lipinski definition) is 5. The highest BCUT2D eigenvalue weighted by Crippen LogP contribution is 2.34. The van der Waals surface area contributed by atoms with E-state index in [1.807, 2.05) is 31.2 Å². The van der Waals surface area contributed by atoms with E-state index in [1.165, 1.54) is 12.1 Å². The lowest BCUT2D eigenvalue weighted by atomic mass is 10.2. The molecule has 3 rings (SSSR count). The van der Waals surface area contributed by atoms with Crippen LogP contribution in [0.3, 0.4) is 0 Å². The quantitative estimate of drug-likeness (QED) is 0.581. The van der Waals surface area contributed by atoms with Crippen LogP contribution in [-0.4, -0.2) is 45.5 Å². The van der Waals surface area contributed by atoms with Gasteiger partial charge in [-0.15, -0.1) is 0 Å². The van der Waals surface area contributed by atoms with Gasteiger partial charge in [-0.2, -0.15) is 8.42 Å². The molecule has 2 N–H and O–H groups in total. The van der Waals surface area contributed by atoms with Crippen LogP contribution in [0.5, 0.6) is 0 Å². The molecule has 148 valence electrons. The summed E-state index contributed by atoms with van der Waals surface area (Å²) in [7, 11) is -6.14. The Morgan fingerprint density at radius 2 is 1.63 bits per heavy atom. The van der Waals surface area contributed by atoms with Gasteiger partial charge in [-0.25, -0.2) is 0 Å². The van der Waals surface area contributed by atoms with Gasteiger partial charge in [0.15, 0.2) is 0 Å². The molecular weight excluding hydrogens is 385 g/mol. The molecule has 8 heteroatoms. The first-order valence-electron chi connectivity index (χ1n) is 8.56. The van der Waals surface area contributed by atoms with Crippen LogP contribution >= 0.6 is 7.14 Å². The lowest BCUT2D eigenvalue weighted by Crippen LogP contribution is -2.48. The lowest BCUT2D eigenvalue weighted by molar-refractivity contribution is 0.00759. The predicted molar refractivity (Wildman–Crippen MR) is 108 cm³/mol. The molecule has 0 atom stereocenters. The van der Waals surface area contributed by atoms with Gasteiger partial charge in [0.25, 0.3) is 10.1 Å². The number of benzene rings is 2. The summed E-state index contributed by atoms with van der Waals surface area (Å²) in [6.07, 6.45) is 0.364. The zero-order valence-corrected chi connectivity index (χ0v) is 17.5. The number of ether oxygens (including phenoxy) is 1. The lowest BCUT2D eigenvalue weighted by Gasteiger charge is -2.27. The zero-order valence-electron chi connectivity index (χ0n) is 15.8. The van der Waals surface area contributed by atoms with E-state index in [2.05, 4.69) is 5.32 Å². The highest BCUT2D eigenvalue weighted by atomic mass is 32.2. The van der Waals surface area contributed by atoms with Crippen molar-refractivity contribution in [1.29, 1.82) is 0 Å². The fourth-order valence-corrected chi connectivity index (χ4v) is 3.60. The summed E-state index contributed by atoms with van der Waals surface area (Å²) < 4.78 is 47.0. The Labute approximate surface area is 161 Å². The maximum absolute atomic E-state index is 11.8. The van der Waals surface area contributed by atoms with Gasteiger partial charge in [0.1, 0.15) is 7.14 Å². The molecular formula is C19H26NO5PS. The molecule has 0 unspecified atom stereocenters. The maximum Gasteiger partial charge on any atom is 0.294 e. The molecule has 0 saturated carbocycles. The molecule has 0 radical (unpaired) electrons. The third kappa shape index (κ3) is 7.20. The molecule has 1 heterocycles.